The predicted octanol–water partition coefficient (Wildman–Crippen LogP) is 4.26. The van der Waals surface area contributed by atoms with Crippen LogP contribution in [0.1, 0.15) is 64.4 Å². The average molecular weight is 570 g/mol. The number of carbonyl (C=O) groups is 2. The molecule has 8 nitrogen and oxygen atoms in total. The van der Waals surface area contributed by atoms with Gasteiger partial charge in [0.25, 0.3) is 5.91 Å². The zero-order chi connectivity index (χ0) is 30.8. The lowest BCUT2D eigenvalue weighted by molar-refractivity contribution is -0.142. The molecule has 8 heteroatoms. The van der Waals surface area contributed by atoms with Gasteiger partial charge in [-0.25, -0.2) is 0 Å². The number of carbonyl (C=O) groups excluding carboxylic acids is 1. The van der Waals surface area contributed by atoms with Gasteiger partial charge in [0.15, 0.2) is 0 Å². The molecular weight excluding hydrogens is 526 g/mol. The second kappa shape index (κ2) is 12.4. The van der Waals surface area contributed by atoms with Crippen molar-refractivity contribution >= 4 is 17.6 Å². The first-order chi connectivity index (χ1) is 19.9. The van der Waals surface area contributed by atoms with Crippen molar-refractivity contribution in [3.05, 3.63) is 88.6 Å². The number of aliphatic carboxylic acids is 1. The normalized spacial score (nSPS) is 20.0. The minimum Gasteiger partial charge on any atom is -0.480 e. The maximum atomic E-state index is 13.6. The highest BCUT2D eigenvalue weighted by atomic mass is 16.4. The number of nitriles is 1. The van der Waals surface area contributed by atoms with Gasteiger partial charge >= 0.3 is 5.97 Å². The van der Waals surface area contributed by atoms with Crippen LogP contribution in [0.5, 0.6) is 0 Å². The molecule has 2 N–H and O–H groups in total. The summed E-state index contributed by atoms with van der Waals surface area (Å²) in [6, 6.07) is 13.5. The Morgan fingerprint density at radius 2 is 1.67 bits per heavy atom. The predicted molar refractivity (Wildman–Crippen MR) is 166 cm³/mol. The first-order valence-corrected chi connectivity index (χ1v) is 14.6. The third kappa shape index (κ3) is 5.79. The molecule has 2 aliphatic rings. The van der Waals surface area contributed by atoms with Crippen LogP contribution in [-0.4, -0.2) is 85.0 Å². The molecule has 0 saturated carbocycles. The van der Waals surface area contributed by atoms with Crippen LogP contribution in [0.25, 0.3) is 5.70 Å². The minimum absolute atomic E-state index is 0.115. The first kappa shape index (κ1) is 30.9. The lowest BCUT2D eigenvalue weighted by atomic mass is 9.68. The highest BCUT2D eigenvalue weighted by Gasteiger charge is 2.47. The maximum Gasteiger partial charge on any atom is 0.318 e. The number of amides is 1. The Morgan fingerprint density at radius 3 is 2.21 bits per heavy atom. The molecule has 222 valence electrons. The summed E-state index contributed by atoms with van der Waals surface area (Å²) < 4.78 is 0. The van der Waals surface area contributed by atoms with Gasteiger partial charge in [-0.1, -0.05) is 31.4 Å². The quantitative estimate of drug-likeness (QED) is 0.441. The molecule has 1 heterocycles. The van der Waals surface area contributed by atoms with Gasteiger partial charge in [0.1, 0.15) is 11.5 Å². The topological polar surface area (TPSA) is 99.9 Å². The molecule has 3 atom stereocenters. The van der Waals surface area contributed by atoms with Crippen molar-refractivity contribution in [1.29, 1.82) is 5.26 Å². The van der Waals surface area contributed by atoms with Crippen molar-refractivity contribution in [2.24, 2.45) is 0 Å². The Labute approximate surface area is 249 Å². The molecule has 2 aromatic rings. The van der Waals surface area contributed by atoms with Crippen molar-refractivity contribution < 1.29 is 14.7 Å². The molecule has 1 fully saturated rings. The van der Waals surface area contributed by atoms with Gasteiger partial charge in [-0.2, -0.15) is 5.26 Å². The number of nitrogens with one attached hydrogen (secondary N) is 1. The lowest BCUT2D eigenvalue weighted by Crippen LogP contribution is -2.45. The first-order valence-electron chi connectivity index (χ1n) is 14.6. The maximum absolute atomic E-state index is 13.6. The van der Waals surface area contributed by atoms with Crippen LogP contribution in [-0.2, 0) is 23.1 Å². The average Bonchev–Trinajstić information content (AvgIpc) is 3.40. The monoisotopic (exact) mass is 569 g/mol. The number of carboxylic acids is 1. The number of fused-ring (bicyclic) bond motifs is 2. The van der Waals surface area contributed by atoms with Gasteiger partial charge in [0.05, 0.1) is 6.07 Å². The van der Waals surface area contributed by atoms with E-state index in [-0.39, 0.29) is 18.0 Å². The number of benzene rings is 2. The molecule has 0 aromatic heterocycles. The third-order valence-electron chi connectivity index (χ3n) is 8.76. The van der Waals surface area contributed by atoms with Gasteiger partial charge in [-0.05, 0) is 85.0 Å². The van der Waals surface area contributed by atoms with E-state index < -0.39 is 11.4 Å². The van der Waals surface area contributed by atoms with E-state index >= 15 is 0 Å². The Kier molecular flexibility index (Phi) is 9.12. The van der Waals surface area contributed by atoms with Gasteiger partial charge in [0.2, 0.25) is 0 Å². The third-order valence-corrected chi connectivity index (χ3v) is 8.76. The molecule has 0 radical (unpaired) electrons. The molecular formula is C34H43N5O3. The minimum atomic E-state index is -1.34. The second-order valence-corrected chi connectivity index (χ2v) is 12.0. The van der Waals surface area contributed by atoms with E-state index in [1.807, 2.05) is 55.1 Å². The number of hydrogen-bond donors (Lipinski definition) is 2. The fourth-order valence-corrected chi connectivity index (χ4v) is 6.42. The van der Waals surface area contributed by atoms with E-state index in [1.54, 1.807) is 20.2 Å². The van der Waals surface area contributed by atoms with Crippen LogP contribution in [0, 0.1) is 11.3 Å². The second-order valence-electron chi connectivity index (χ2n) is 12.0. The zero-order valence-electron chi connectivity index (χ0n) is 25.5. The summed E-state index contributed by atoms with van der Waals surface area (Å²) in [5.41, 5.74) is 5.20. The fourth-order valence-electron chi connectivity index (χ4n) is 6.42. The molecule has 0 bridgehead atoms. The molecule has 1 saturated heterocycles. The van der Waals surface area contributed by atoms with E-state index in [4.69, 9.17) is 0 Å². The van der Waals surface area contributed by atoms with Crippen LogP contribution < -0.4 is 5.32 Å². The van der Waals surface area contributed by atoms with Gasteiger partial charge < -0.3 is 25.1 Å². The molecule has 2 aromatic carbocycles. The molecule has 0 spiro atoms. The van der Waals surface area contributed by atoms with E-state index in [1.165, 1.54) is 4.90 Å². The Morgan fingerprint density at radius 1 is 1.07 bits per heavy atom. The van der Waals surface area contributed by atoms with E-state index in [9.17, 15) is 20.0 Å². The highest BCUT2D eigenvalue weighted by Crippen LogP contribution is 2.44. The standard InChI is InChI=1S/C34H43N5O3/c1-22(36-21-23(2)39-16-8-9-29(39)20-35)19-34(33(41)42)30-14-12-25(24(3)37(4)5)17-26(30)10-11-27-18-28(13-15-31(27)34)32(40)38(6)7/h12-15,17-18,22,29,36H,2-3,8-11,16,19,21H2,1,4-7H3,(H,41,42)/t22-,29?,34?/m0/s1. The molecule has 4 rings (SSSR count). The van der Waals surface area contributed by atoms with Gasteiger partial charge in [-0.15, -0.1) is 0 Å². The molecule has 1 aliphatic carbocycles. The van der Waals surface area contributed by atoms with Crippen molar-refractivity contribution in [1.82, 2.24) is 20.0 Å². The van der Waals surface area contributed by atoms with Crippen LogP contribution in [0.2, 0.25) is 0 Å². The summed E-state index contributed by atoms with van der Waals surface area (Å²) in [5.74, 6) is -1.04. The van der Waals surface area contributed by atoms with Crippen LogP contribution in [0.4, 0.5) is 0 Å². The summed E-state index contributed by atoms with van der Waals surface area (Å²) in [6.07, 6.45) is 3.36. The van der Waals surface area contributed by atoms with Crippen molar-refractivity contribution in [2.45, 2.75) is 56.5 Å². The van der Waals surface area contributed by atoms with Crippen molar-refractivity contribution in [2.75, 3.05) is 41.3 Å². The fraction of sp³-hybridized carbons (Fsp3) is 0.441. The number of rotatable bonds is 10. The summed E-state index contributed by atoms with van der Waals surface area (Å²) in [5, 5.41) is 24.1. The summed E-state index contributed by atoms with van der Waals surface area (Å²) in [6.45, 7) is 11.7. The molecule has 42 heavy (non-hydrogen) atoms. The summed E-state index contributed by atoms with van der Waals surface area (Å²) >= 11 is 0. The van der Waals surface area contributed by atoms with Crippen LogP contribution >= 0.6 is 0 Å². The van der Waals surface area contributed by atoms with E-state index in [0.717, 1.165) is 58.6 Å². The van der Waals surface area contributed by atoms with E-state index in [2.05, 4.69) is 30.6 Å². The molecule has 2 unspecified atom stereocenters. The highest BCUT2D eigenvalue weighted by molar-refractivity contribution is 5.95. The SMILES string of the molecule is C=C(c1ccc2c(c1)CCc1cc(C(=O)N(C)C)ccc1C2(C[C@H](C)NCC(=C)N1CCCC1C#N)C(=O)O)N(C)C. The number of hydrogen-bond acceptors (Lipinski definition) is 6. The summed E-state index contributed by atoms with van der Waals surface area (Å²) in [4.78, 5) is 32.0. The number of likely N-dealkylation sites (tertiary alicyclic amines) is 1. The number of aryl methyl sites for hydroxylation is 2. The lowest BCUT2D eigenvalue weighted by Gasteiger charge is -2.36. The van der Waals surface area contributed by atoms with Crippen molar-refractivity contribution in [3.63, 3.8) is 0 Å². The number of carboxylic acid groups (broad SMARTS) is 1. The molecule has 1 amide bonds. The smallest absolute Gasteiger partial charge is 0.318 e. The van der Waals surface area contributed by atoms with E-state index in [0.29, 0.717) is 31.4 Å². The van der Waals surface area contributed by atoms with Crippen LogP contribution in [0.15, 0.2) is 55.3 Å². The number of nitrogens with zero attached hydrogens (tertiary/aromatic N) is 4. The Hall–Kier alpha value is -4.09. The Balaban J connectivity index is 1.77. The Bertz CT molecular complexity index is 1370. The van der Waals surface area contributed by atoms with Gasteiger partial charge in [0, 0.05) is 64.3 Å². The van der Waals surface area contributed by atoms with Crippen molar-refractivity contribution in [3.8, 4) is 6.07 Å². The van der Waals surface area contributed by atoms with Gasteiger partial charge in [-0.3, -0.25) is 9.59 Å². The molecule has 1 aliphatic heterocycles. The zero-order valence-corrected chi connectivity index (χ0v) is 25.5. The van der Waals surface area contributed by atoms with Crippen LogP contribution in [0.3, 0.4) is 0 Å². The largest absolute Gasteiger partial charge is 0.480 e. The summed E-state index contributed by atoms with van der Waals surface area (Å²) in [7, 11) is 7.31.